The Hall–Kier alpha value is -1.83. The zero-order chi connectivity index (χ0) is 15.4. The van der Waals surface area contributed by atoms with Crippen LogP contribution in [0.2, 0.25) is 5.02 Å². The summed E-state index contributed by atoms with van der Waals surface area (Å²) in [5.41, 5.74) is 0.938. The van der Waals surface area contributed by atoms with Crippen LogP contribution in [0.4, 0.5) is 0 Å². The number of nitriles is 1. The van der Waals surface area contributed by atoms with Gasteiger partial charge in [-0.2, -0.15) is 5.26 Å². The second-order valence-corrected chi connectivity index (χ2v) is 5.65. The van der Waals surface area contributed by atoms with E-state index in [9.17, 15) is 10.1 Å². The zero-order valence-electron chi connectivity index (χ0n) is 11.1. The quantitative estimate of drug-likeness (QED) is 0.745. The molecule has 106 valence electrons. The Labute approximate surface area is 136 Å². The summed E-state index contributed by atoms with van der Waals surface area (Å²) in [5.74, 6) is -0.556. The van der Waals surface area contributed by atoms with E-state index in [2.05, 4.69) is 15.9 Å². The van der Waals surface area contributed by atoms with Crippen molar-refractivity contribution in [2.45, 2.75) is 5.92 Å². The molecule has 21 heavy (non-hydrogen) atoms. The number of Topliss-reactive ketones (excluding diaryl/α,β-unsaturated/α-hetero) is 1. The minimum absolute atomic E-state index is 0.325. The summed E-state index contributed by atoms with van der Waals surface area (Å²) in [4.78, 5) is 12.5. The molecule has 1 atom stereocenters. The average Bonchev–Trinajstić information content (AvgIpc) is 2.51. The van der Waals surface area contributed by atoms with E-state index in [-0.39, 0.29) is 5.78 Å². The third kappa shape index (κ3) is 3.44. The summed E-state index contributed by atoms with van der Waals surface area (Å²) in [5, 5.41) is 9.67. The largest absolute Gasteiger partial charge is 0.497 e. The molecule has 1 unspecified atom stereocenters. The molecule has 3 nitrogen and oxygen atoms in total. The maximum Gasteiger partial charge on any atom is 0.185 e. The second-order valence-electron chi connectivity index (χ2n) is 4.32. The van der Waals surface area contributed by atoms with Gasteiger partial charge in [0.2, 0.25) is 0 Å². The number of nitrogens with zero attached hydrogens (tertiary/aromatic N) is 1. The van der Waals surface area contributed by atoms with Crippen molar-refractivity contribution in [1.82, 2.24) is 0 Å². The molecule has 0 amide bonds. The summed E-state index contributed by atoms with van der Waals surface area (Å²) >= 11 is 9.36. The van der Waals surface area contributed by atoms with Crippen LogP contribution >= 0.6 is 27.5 Å². The lowest BCUT2D eigenvalue weighted by molar-refractivity contribution is 0.0979. The van der Waals surface area contributed by atoms with Crippen molar-refractivity contribution in [3.63, 3.8) is 0 Å². The number of carbonyl (C=O) groups is 1. The van der Waals surface area contributed by atoms with E-state index in [4.69, 9.17) is 16.3 Å². The van der Waals surface area contributed by atoms with Crippen LogP contribution in [0, 0.1) is 11.3 Å². The number of rotatable bonds is 4. The van der Waals surface area contributed by atoms with Gasteiger partial charge in [0, 0.05) is 10.0 Å². The van der Waals surface area contributed by atoms with E-state index >= 15 is 0 Å². The first kappa shape index (κ1) is 15.6. The summed E-state index contributed by atoms with van der Waals surface area (Å²) in [6.45, 7) is 0. The van der Waals surface area contributed by atoms with Gasteiger partial charge in [0.05, 0.1) is 18.2 Å². The Morgan fingerprint density at radius 1 is 1.29 bits per heavy atom. The Morgan fingerprint density at radius 2 is 1.95 bits per heavy atom. The molecule has 0 spiro atoms. The predicted octanol–water partition coefficient (Wildman–Crippen LogP) is 4.60. The van der Waals surface area contributed by atoms with Gasteiger partial charge in [-0.3, -0.25) is 4.79 Å². The Bertz CT molecular complexity index is 707. The van der Waals surface area contributed by atoms with Crippen LogP contribution in [-0.4, -0.2) is 12.9 Å². The van der Waals surface area contributed by atoms with Gasteiger partial charge < -0.3 is 4.74 Å². The molecule has 0 aliphatic rings. The molecule has 0 bridgehead atoms. The Morgan fingerprint density at radius 3 is 2.52 bits per heavy atom. The first-order valence-corrected chi connectivity index (χ1v) is 7.26. The first-order valence-electron chi connectivity index (χ1n) is 6.09. The van der Waals surface area contributed by atoms with E-state index in [0.717, 1.165) is 4.47 Å². The summed E-state index contributed by atoms with van der Waals surface area (Å²) in [7, 11) is 1.56. The van der Waals surface area contributed by atoms with Gasteiger partial charge >= 0.3 is 0 Å². The molecule has 0 aliphatic heterocycles. The molecule has 0 aliphatic carbocycles. The lowest BCUT2D eigenvalue weighted by Gasteiger charge is -2.11. The van der Waals surface area contributed by atoms with Gasteiger partial charge in [-0.25, -0.2) is 0 Å². The number of methoxy groups -OCH3 is 1. The number of benzene rings is 2. The topological polar surface area (TPSA) is 50.1 Å². The molecule has 0 fully saturated rings. The Kier molecular flexibility index (Phi) is 5.00. The summed E-state index contributed by atoms with van der Waals surface area (Å²) in [6.07, 6.45) is 0. The van der Waals surface area contributed by atoms with E-state index in [1.54, 1.807) is 49.6 Å². The molecule has 0 aromatic heterocycles. The molecule has 2 aromatic carbocycles. The number of ketones is 1. The molecule has 2 rings (SSSR count). The minimum atomic E-state index is -0.900. The smallest absolute Gasteiger partial charge is 0.185 e. The number of hydrogen-bond acceptors (Lipinski definition) is 3. The third-order valence-corrected chi connectivity index (χ3v) is 3.86. The van der Waals surface area contributed by atoms with Gasteiger partial charge in [-0.15, -0.1) is 0 Å². The van der Waals surface area contributed by atoms with Crippen LogP contribution in [0.5, 0.6) is 5.75 Å². The van der Waals surface area contributed by atoms with Crippen molar-refractivity contribution < 1.29 is 9.53 Å². The monoisotopic (exact) mass is 363 g/mol. The third-order valence-electron chi connectivity index (χ3n) is 3.03. The van der Waals surface area contributed by atoms with E-state index in [1.165, 1.54) is 0 Å². The normalized spacial score (nSPS) is 11.5. The van der Waals surface area contributed by atoms with Crippen molar-refractivity contribution in [2.24, 2.45) is 0 Å². The molecular weight excluding hydrogens is 354 g/mol. The highest BCUT2D eigenvalue weighted by atomic mass is 79.9. The number of ether oxygens (including phenoxy) is 1. The molecule has 5 heteroatoms. The predicted molar refractivity (Wildman–Crippen MR) is 84.8 cm³/mol. The van der Waals surface area contributed by atoms with Crippen LogP contribution < -0.4 is 4.74 Å². The molecule has 2 aromatic rings. The highest BCUT2D eigenvalue weighted by Gasteiger charge is 2.24. The minimum Gasteiger partial charge on any atom is -0.497 e. The fourth-order valence-corrected chi connectivity index (χ4v) is 2.49. The average molecular weight is 365 g/mol. The van der Waals surface area contributed by atoms with Crippen LogP contribution in [-0.2, 0) is 0 Å². The SMILES string of the molecule is COc1ccc(C(C#N)C(=O)c2cc(Br)ccc2Cl)cc1. The maximum atomic E-state index is 12.5. The summed E-state index contributed by atoms with van der Waals surface area (Å²) < 4.78 is 5.81. The molecule has 0 N–H and O–H groups in total. The second kappa shape index (κ2) is 6.75. The van der Waals surface area contributed by atoms with Crippen molar-refractivity contribution in [3.8, 4) is 11.8 Å². The van der Waals surface area contributed by atoms with Crippen LogP contribution in [0.25, 0.3) is 0 Å². The lowest BCUT2D eigenvalue weighted by Crippen LogP contribution is -2.12. The van der Waals surface area contributed by atoms with Crippen LogP contribution in [0.3, 0.4) is 0 Å². The van der Waals surface area contributed by atoms with Crippen LogP contribution in [0.15, 0.2) is 46.9 Å². The van der Waals surface area contributed by atoms with E-state index in [0.29, 0.717) is 21.9 Å². The van der Waals surface area contributed by atoms with Gasteiger partial charge in [0.15, 0.2) is 5.78 Å². The first-order chi connectivity index (χ1) is 10.1. The number of halogens is 2. The lowest BCUT2D eigenvalue weighted by atomic mass is 9.92. The highest BCUT2D eigenvalue weighted by Crippen LogP contribution is 2.28. The fraction of sp³-hybridized carbons (Fsp3) is 0.125. The molecular formula is C16H11BrClNO2. The van der Waals surface area contributed by atoms with Crippen molar-refractivity contribution in [1.29, 1.82) is 5.26 Å². The molecule has 0 saturated carbocycles. The van der Waals surface area contributed by atoms with Gasteiger partial charge in [-0.05, 0) is 35.9 Å². The standard InChI is InChI=1S/C16H11BrClNO2/c1-21-12-5-2-10(3-6-12)14(9-19)16(20)13-8-11(17)4-7-15(13)18/h2-8,14H,1H3. The highest BCUT2D eigenvalue weighted by molar-refractivity contribution is 9.10. The number of hydrogen-bond donors (Lipinski definition) is 0. The molecule has 0 saturated heterocycles. The van der Waals surface area contributed by atoms with E-state index < -0.39 is 5.92 Å². The van der Waals surface area contributed by atoms with E-state index in [1.807, 2.05) is 6.07 Å². The maximum absolute atomic E-state index is 12.5. The van der Waals surface area contributed by atoms with Gasteiger partial charge in [0.25, 0.3) is 0 Å². The van der Waals surface area contributed by atoms with Crippen LogP contribution in [0.1, 0.15) is 21.8 Å². The zero-order valence-corrected chi connectivity index (χ0v) is 13.5. The van der Waals surface area contributed by atoms with Gasteiger partial charge in [0.1, 0.15) is 11.7 Å². The van der Waals surface area contributed by atoms with Crippen molar-refractivity contribution >= 4 is 33.3 Å². The Balaban J connectivity index is 2.38. The number of carbonyl (C=O) groups excluding carboxylic acids is 1. The molecule has 0 heterocycles. The summed E-state index contributed by atoms with van der Waals surface area (Å²) in [6, 6.07) is 13.9. The van der Waals surface area contributed by atoms with Crippen molar-refractivity contribution in [2.75, 3.05) is 7.11 Å². The molecule has 0 radical (unpaired) electrons. The van der Waals surface area contributed by atoms with Gasteiger partial charge in [-0.1, -0.05) is 39.7 Å². The van der Waals surface area contributed by atoms with Crippen molar-refractivity contribution in [3.05, 3.63) is 63.1 Å². The fourth-order valence-electron chi connectivity index (χ4n) is 1.92.